The maximum absolute atomic E-state index is 13.8. The van der Waals surface area contributed by atoms with E-state index in [1.54, 1.807) is 47.5 Å². The van der Waals surface area contributed by atoms with Crippen molar-refractivity contribution in [2.45, 2.75) is 12.1 Å². The number of carbonyl (C=O) groups excluding carboxylic acids is 3. The summed E-state index contributed by atoms with van der Waals surface area (Å²) < 4.78 is 24.3. The Kier molecular flexibility index (Phi) is 6.90. The molecule has 2 saturated heterocycles. The Morgan fingerprint density at radius 1 is 0.854 bits per heavy atom. The Bertz CT molecular complexity index is 1630. The number of hydrogen-bond acceptors (Lipinski definition) is 7. The number of esters is 1. The van der Waals surface area contributed by atoms with Gasteiger partial charge in [-0.2, -0.15) is 0 Å². The van der Waals surface area contributed by atoms with Gasteiger partial charge >= 0.3 is 5.97 Å². The molecule has 0 spiro atoms. The lowest BCUT2D eigenvalue weighted by molar-refractivity contribution is -0.126. The molecule has 0 saturated carbocycles. The smallest absolute Gasteiger partial charge is 0.343 e. The van der Waals surface area contributed by atoms with Gasteiger partial charge in [-0.15, -0.1) is 0 Å². The van der Waals surface area contributed by atoms with Gasteiger partial charge in [0.25, 0.3) is 5.91 Å². The van der Waals surface area contributed by atoms with E-state index in [0.717, 1.165) is 4.90 Å². The average Bonchev–Trinajstić information content (AvgIpc) is 3.50. The van der Waals surface area contributed by atoms with Crippen LogP contribution in [-0.2, 0) is 14.4 Å². The number of benzene rings is 4. The van der Waals surface area contributed by atoms with Crippen LogP contribution in [0.1, 0.15) is 22.0 Å². The lowest BCUT2D eigenvalue weighted by Gasteiger charge is -2.29. The zero-order chi connectivity index (χ0) is 28.7. The lowest BCUT2D eigenvalue weighted by atomic mass is 9.90. The maximum atomic E-state index is 13.8. The van der Waals surface area contributed by atoms with E-state index in [0.29, 0.717) is 22.0 Å². The molecule has 2 fully saturated rings. The summed E-state index contributed by atoms with van der Waals surface area (Å²) in [7, 11) is 1.42. The van der Waals surface area contributed by atoms with Crippen LogP contribution in [0.15, 0.2) is 97.1 Å². The molecule has 0 radical (unpaired) electrons. The number of anilines is 2. The molecular weight excluding hydrogens is 551 g/mol. The molecule has 2 amide bonds. The summed E-state index contributed by atoms with van der Waals surface area (Å²) in [5, 5.41) is 2.04. The van der Waals surface area contributed by atoms with Crippen molar-refractivity contribution in [2.24, 2.45) is 5.92 Å². The van der Waals surface area contributed by atoms with Crippen LogP contribution in [0.2, 0.25) is 5.02 Å². The third kappa shape index (κ3) is 4.79. The highest BCUT2D eigenvalue weighted by atomic mass is 35.5. The molecule has 3 atom stereocenters. The fourth-order valence-corrected chi connectivity index (χ4v) is 5.22. The van der Waals surface area contributed by atoms with Crippen molar-refractivity contribution < 1.29 is 33.1 Å². The highest BCUT2D eigenvalue weighted by Crippen LogP contribution is 2.48. The summed E-state index contributed by atoms with van der Waals surface area (Å²) in [4.78, 5) is 47.3. The van der Waals surface area contributed by atoms with Gasteiger partial charge in [-0.3, -0.25) is 14.4 Å². The summed E-state index contributed by atoms with van der Waals surface area (Å²) in [5.41, 5.74) is 1.81. The normalized spacial score (nSPS) is 19.8. The Balaban J connectivity index is 1.36. The fraction of sp³-hybridized carbons (Fsp3) is 0.129. The van der Waals surface area contributed by atoms with E-state index in [2.05, 4.69) is 0 Å². The molecule has 0 aromatic heterocycles. The maximum Gasteiger partial charge on any atom is 0.343 e. The zero-order valence-corrected chi connectivity index (χ0v) is 22.3. The monoisotopic (exact) mass is 572 g/mol. The van der Waals surface area contributed by atoms with Crippen LogP contribution in [0.5, 0.6) is 11.5 Å². The molecule has 6 rings (SSSR count). The first kappa shape index (κ1) is 26.5. The predicted molar refractivity (Wildman–Crippen MR) is 148 cm³/mol. The highest BCUT2D eigenvalue weighted by molar-refractivity contribution is 6.31. The first-order valence-corrected chi connectivity index (χ1v) is 13.0. The number of methoxy groups -OCH3 is 1. The van der Waals surface area contributed by atoms with Crippen LogP contribution >= 0.6 is 11.6 Å². The van der Waals surface area contributed by atoms with Crippen molar-refractivity contribution >= 4 is 40.8 Å². The summed E-state index contributed by atoms with van der Waals surface area (Å²) >= 11 is 6.01. The minimum atomic E-state index is -1.06. The Morgan fingerprint density at radius 3 is 2.24 bits per heavy atom. The SMILES string of the molecule is COc1cc([C@@H]2[C@H]3C(=O)N(c4ccc(Cl)cc4)C(=O)[C@@H]3ON2c2ccccc2)ccc1OC(=O)c1ccc(F)cc1. The standard InChI is InChI=1S/C31H22ClFN2O6/c1-39-25-17-19(9-16-24(25)40-31(38)18-7-12-21(33)13-8-18)27-26-28(41-35(27)23-5-3-2-4-6-23)30(37)34(29(26)36)22-14-10-20(32)11-15-22/h2-17,26-28H,1H3/t26-,27-,28-/m1/s1. The predicted octanol–water partition coefficient (Wildman–Crippen LogP) is 5.76. The van der Waals surface area contributed by atoms with E-state index in [4.69, 9.17) is 25.9 Å². The van der Waals surface area contributed by atoms with Crippen LogP contribution in [0, 0.1) is 11.7 Å². The Labute approximate surface area is 239 Å². The van der Waals surface area contributed by atoms with Crippen molar-refractivity contribution in [3.63, 3.8) is 0 Å². The molecule has 4 aromatic carbocycles. The number of ether oxygens (including phenoxy) is 2. The Hall–Kier alpha value is -4.73. The molecule has 41 heavy (non-hydrogen) atoms. The molecule has 206 valence electrons. The number of fused-ring (bicyclic) bond motifs is 1. The third-order valence-electron chi connectivity index (χ3n) is 7.02. The molecule has 4 aromatic rings. The van der Waals surface area contributed by atoms with Gasteiger partial charge in [-0.05, 0) is 78.4 Å². The van der Waals surface area contributed by atoms with Gasteiger partial charge in [0, 0.05) is 5.02 Å². The number of imide groups is 1. The van der Waals surface area contributed by atoms with Gasteiger partial charge in [0.05, 0.1) is 30.1 Å². The second-order valence-electron chi connectivity index (χ2n) is 9.45. The largest absolute Gasteiger partial charge is 0.493 e. The number of para-hydroxylation sites is 1. The number of hydrogen-bond donors (Lipinski definition) is 0. The number of halogens is 2. The van der Waals surface area contributed by atoms with Gasteiger partial charge in [-0.25, -0.2) is 19.1 Å². The van der Waals surface area contributed by atoms with Crippen molar-refractivity contribution in [3.05, 3.63) is 119 Å². The molecule has 0 aliphatic carbocycles. The number of hydroxylamine groups is 1. The van der Waals surface area contributed by atoms with Gasteiger partial charge in [0.15, 0.2) is 17.6 Å². The molecule has 0 bridgehead atoms. The van der Waals surface area contributed by atoms with Crippen molar-refractivity contribution in [2.75, 3.05) is 17.1 Å². The van der Waals surface area contributed by atoms with Crippen LogP contribution < -0.4 is 19.4 Å². The zero-order valence-electron chi connectivity index (χ0n) is 21.6. The fourth-order valence-electron chi connectivity index (χ4n) is 5.09. The molecule has 2 aliphatic heterocycles. The summed E-state index contributed by atoms with van der Waals surface area (Å²) in [6.45, 7) is 0. The summed E-state index contributed by atoms with van der Waals surface area (Å²) in [6, 6.07) is 24.7. The molecule has 0 unspecified atom stereocenters. The number of carbonyl (C=O) groups is 3. The van der Waals surface area contributed by atoms with Gasteiger partial charge in [-0.1, -0.05) is 35.9 Å². The van der Waals surface area contributed by atoms with E-state index in [1.807, 2.05) is 30.3 Å². The van der Waals surface area contributed by atoms with E-state index < -0.39 is 41.7 Å². The minimum Gasteiger partial charge on any atom is -0.493 e. The number of amides is 2. The molecule has 2 heterocycles. The topological polar surface area (TPSA) is 85.4 Å². The van der Waals surface area contributed by atoms with E-state index >= 15 is 0 Å². The quantitative estimate of drug-likeness (QED) is 0.165. The Morgan fingerprint density at radius 2 is 1.56 bits per heavy atom. The molecule has 0 N–H and O–H groups in total. The molecule has 2 aliphatic rings. The van der Waals surface area contributed by atoms with E-state index in [1.165, 1.54) is 31.4 Å². The second-order valence-corrected chi connectivity index (χ2v) is 9.89. The lowest BCUT2D eigenvalue weighted by Crippen LogP contribution is -2.37. The van der Waals surface area contributed by atoms with Gasteiger partial charge < -0.3 is 9.47 Å². The van der Waals surface area contributed by atoms with Gasteiger partial charge in [0.1, 0.15) is 11.7 Å². The first-order valence-electron chi connectivity index (χ1n) is 12.7. The number of nitrogens with zero attached hydrogens (tertiary/aromatic N) is 2. The van der Waals surface area contributed by atoms with Crippen LogP contribution in [0.4, 0.5) is 15.8 Å². The summed E-state index contributed by atoms with van der Waals surface area (Å²) in [5.74, 6) is -2.60. The average molecular weight is 573 g/mol. The molecule has 8 nitrogen and oxygen atoms in total. The molecule has 10 heteroatoms. The van der Waals surface area contributed by atoms with Crippen LogP contribution in [0.25, 0.3) is 0 Å². The van der Waals surface area contributed by atoms with Crippen LogP contribution in [-0.4, -0.2) is 31.0 Å². The van der Waals surface area contributed by atoms with Gasteiger partial charge in [0.2, 0.25) is 5.91 Å². The highest BCUT2D eigenvalue weighted by Gasteiger charge is 2.60. The first-order chi connectivity index (χ1) is 19.9. The van der Waals surface area contributed by atoms with Crippen molar-refractivity contribution in [1.29, 1.82) is 0 Å². The molecular formula is C31H22ClFN2O6. The van der Waals surface area contributed by atoms with Crippen molar-refractivity contribution in [3.8, 4) is 11.5 Å². The summed E-state index contributed by atoms with van der Waals surface area (Å²) in [6.07, 6.45) is -1.06. The second kappa shape index (κ2) is 10.7. The van der Waals surface area contributed by atoms with Crippen molar-refractivity contribution in [1.82, 2.24) is 0 Å². The van der Waals surface area contributed by atoms with E-state index in [9.17, 15) is 18.8 Å². The third-order valence-corrected chi connectivity index (χ3v) is 7.27. The van der Waals surface area contributed by atoms with E-state index in [-0.39, 0.29) is 17.1 Å². The minimum absolute atomic E-state index is 0.129. The van der Waals surface area contributed by atoms with Crippen LogP contribution in [0.3, 0.4) is 0 Å². The number of rotatable bonds is 6.